The Kier molecular flexibility index (Phi) is 3.94. The highest BCUT2D eigenvalue weighted by atomic mass is 32.1. The monoisotopic (exact) mass is 304 g/mol. The zero-order valence-corrected chi connectivity index (χ0v) is 12.2. The number of thiophene rings is 2. The number of nitrogens with one attached hydrogen (secondary N) is 1. The maximum absolute atomic E-state index is 11.6. The van der Waals surface area contributed by atoms with Gasteiger partial charge < -0.3 is 9.84 Å². The molecule has 0 spiro atoms. The summed E-state index contributed by atoms with van der Waals surface area (Å²) in [7, 11) is 0. The first kappa shape index (κ1) is 13.1. The fourth-order valence-electron chi connectivity index (χ4n) is 1.78. The van der Waals surface area contributed by atoms with Crippen LogP contribution in [0.1, 0.15) is 15.4 Å². The van der Waals surface area contributed by atoms with E-state index in [1.54, 1.807) is 28.7 Å². The number of rotatable bonds is 5. The van der Waals surface area contributed by atoms with Gasteiger partial charge in [0.05, 0.1) is 6.20 Å². The zero-order valence-electron chi connectivity index (χ0n) is 10.5. The van der Waals surface area contributed by atoms with E-state index in [4.69, 9.17) is 4.52 Å². The fourth-order valence-corrected chi connectivity index (χ4v) is 3.62. The molecule has 0 aliphatic heterocycles. The van der Waals surface area contributed by atoms with Gasteiger partial charge in [0.15, 0.2) is 0 Å². The van der Waals surface area contributed by atoms with Gasteiger partial charge in [-0.2, -0.15) is 0 Å². The third-order valence-corrected chi connectivity index (χ3v) is 4.95. The van der Waals surface area contributed by atoms with Gasteiger partial charge in [0.1, 0.15) is 0 Å². The molecule has 102 valence electrons. The Morgan fingerprint density at radius 1 is 1.25 bits per heavy atom. The third-order valence-electron chi connectivity index (χ3n) is 2.74. The van der Waals surface area contributed by atoms with Crippen LogP contribution in [0.4, 0.5) is 0 Å². The van der Waals surface area contributed by atoms with Crippen molar-refractivity contribution >= 4 is 28.6 Å². The first-order chi connectivity index (χ1) is 9.83. The van der Waals surface area contributed by atoms with E-state index in [0.717, 1.165) is 6.42 Å². The molecule has 0 atom stereocenters. The van der Waals surface area contributed by atoms with Crippen molar-refractivity contribution in [3.8, 4) is 9.75 Å². The molecule has 0 saturated carbocycles. The second-order valence-electron chi connectivity index (χ2n) is 4.13. The lowest BCUT2D eigenvalue weighted by Crippen LogP contribution is -2.25. The fraction of sp³-hybridized carbons (Fsp3) is 0.143. The highest BCUT2D eigenvalue weighted by Gasteiger charge is 2.09. The Morgan fingerprint density at radius 2 is 2.20 bits per heavy atom. The predicted molar refractivity (Wildman–Crippen MR) is 80.2 cm³/mol. The molecule has 0 unspecified atom stereocenters. The predicted octanol–water partition coefficient (Wildman–Crippen LogP) is 3.44. The van der Waals surface area contributed by atoms with E-state index in [9.17, 15) is 4.79 Å². The number of hydrogen-bond acceptors (Lipinski definition) is 5. The van der Waals surface area contributed by atoms with E-state index in [2.05, 4.69) is 40.1 Å². The van der Waals surface area contributed by atoms with Crippen LogP contribution in [-0.4, -0.2) is 17.6 Å². The normalized spacial score (nSPS) is 10.6. The molecule has 4 nitrogen and oxygen atoms in total. The van der Waals surface area contributed by atoms with Crippen molar-refractivity contribution in [2.24, 2.45) is 0 Å². The minimum Gasteiger partial charge on any atom is -0.351 e. The van der Waals surface area contributed by atoms with Crippen molar-refractivity contribution in [1.29, 1.82) is 0 Å². The molecule has 0 aliphatic rings. The Balaban J connectivity index is 1.53. The van der Waals surface area contributed by atoms with Gasteiger partial charge in [-0.05, 0) is 30.0 Å². The van der Waals surface area contributed by atoms with Crippen LogP contribution >= 0.6 is 22.7 Å². The van der Waals surface area contributed by atoms with E-state index in [1.165, 1.54) is 20.8 Å². The van der Waals surface area contributed by atoms with Gasteiger partial charge >= 0.3 is 0 Å². The summed E-state index contributed by atoms with van der Waals surface area (Å²) >= 11 is 3.50. The quantitative estimate of drug-likeness (QED) is 0.785. The van der Waals surface area contributed by atoms with Crippen LogP contribution in [0, 0.1) is 0 Å². The largest absolute Gasteiger partial charge is 0.351 e. The summed E-state index contributed by atoms with van der Waals surface area (Å²) in [5, 5.41) is 8.40. The van der Waals surface area contributed by atoms with E-state index in [0.29, 0.717) is 6.54 Å². The summed E-state index contributed by atoms with van der Waals surface area (Å²) in [6.45, 7) is 0.587. The third kappa shape index (κ3) is 2.97. The van der Waals surface area contributed by atoms with Gasteiger partial charge in [-0.15, -0.1) is 22.7 Å². The summed E-state index contributed by atoms with van der Waals surface area (Å²) in [5.74, 6) is 0.0213. The summed E-state index contributed by atoms with van der Waals surface area (Å²) in [5.41, 5.74) is 0. The molecule has 3 aromatic heterocycles. The molecule has 0 aliphatic carbocycles. The number of nitrogens with zero attached hydrogens (tertiary/aromatic N) is 1. The van der Waals surface area contributed by atoms with Gasteiger partial charge in [-0.3, -0.25) is 4.79 Å². The summed E-state index contributed by atoms with van der Waals surface area (Å²) < 4.78 is 4.79. The molecule has 0 fully saturated rings. The number of carbonyl (C=O) groups is 1. The summed E-state index contributed by atoms with van der Waals surface area (Å²) in [6.07, 6.45) is 2.28. The van der Waals surface area contributed by atoms with Gasteiger partial charge in [-0.1, -0.05) is 11.2 Å². The molecular formula is C14H12N2O2S2. The van der Waals surface area contributed by atoms with Crippen molar-refractivity contribution in [3.05, 3.63) is 52.5 Å². The van der Waals surface area contributed by atoms with Crippen LogP contribution in [-0.2, 0) is 6.42 Å². The van der Waals surface area contributed by atoms with Crippen LogP contribution in [0.2, 0.25) is 0 Å². The second-order valence-corrected chi connectivity index (χ2v) is 6.24. The second kappa shape index (κ2) is 6.02. The van der Waals surface area contributed by atoms with Gasteiger partial charge in [0.25, 0.3) is 5.91 Å². The van der Waals surface area contributed by atoms with Crippen LogP contribution in [0.5, 0.6) is 0 Å². The molecule has 0 aromatic carbocycles. The number of hydrogen-bond donors (Lipinski definition) is 1. The van der Waals surface area contributed by atoms with Crippen molar-refractivity contribution in [2.45, 2.75) is 6.42 Å². The van der Waals surface area contributed by atoms with Crippen molar-refractivity contribution in [2.75, 3.05) is 6.54 Å². The molecule has 1 amide bonds. The lowest BCUT2D eigenvalue weighted by Gasteiger charge is -2.00. The molecule has 3 rings (SSSR count). The highest BCUT2D eigenvalue weighted by Crippen LogP contribution is 2.31. The molecule has 3 aromatic rings. The summed E-state index contributed by atoms with van der Waals surface area (Å²) in [6, 6.07) is 9.96. The van der Waals surface area contributed by atoms with E-state index >= 15 is 0 Å². The average Bonchev–Trinajstić information content (AvgIpc) is 3.20. The Morgan fingerprint density at radius 3 is 2.95 bits per heavy atom. The molecule has 0 bridgehead atoms. The number of carbonyl (C=O) groups excluding carboxylic acids is 1. The van der Waals surface area contributed by atoms with Crippen LogP contribution < -0.4 is 5.32 Å². The first-order valence-corrected chi connectivity index (χ1v) is 7.84. The Hall–Kier alpha value is -1.92. The maximum Gasteiger partial charge on any atom is 0.289 e. The number of aromatic nitrogens is 1. The molecule has 6 heteroatoms. The van der Waals surface area contributed by atoms with Crippen molar-refractivity contribution in [1.82, 2.24) is 10.5 Å². The molecule has 0 radical (unpaired) electrons. The van der Waals surface area contributed by atoms with Crippen molar-refractivity contribution < 1.29 is 9.32 Å². The zero-order chi connectivity index (χ0) is 13.8. The first-order valence-electron chi connectivity index (χ1n) is 6.14. The van der Waals surface area contributed by atoms with Crippen LogP contribution in [0.3, 0.4) is 0 Å². The average molecular weight is 304 g/mol. The standard InChI is InChI=1S/C14H12N2O2S2/c17-14(11-6-8-16-18-11)15-7-5-10-3-4-13(20-10)12-2-1-9-19-12/h1-4,6,8-9H,5,7H2,(H,15,17). The van der Waals surface area contributed by atoms with E-state index in [-0.39, 0.29) is 11.7 Å². The smallest absolute Gasteiger partial charge is 0.289 e. The Bertz CT molecular complexity index is 672. The topological polar surface area (TPSA) is 55.1 Å². The van der Waals surface area contributed by atoms with Gasteiger partial charge in [-0.25, -0.2) is 0 Å². The minimum atomic E-state index is -0.225. The molecule has 3 heterocycles. The molecule has 20 heavy (non-hydrogen) atoms. The lowest BCUT2D eigenvalue weighted by atomic mass is 10.3. The number of amides is 1. The lowest BCUT2D eigenvalue weighted by molar-refractivity contribution is 0.0917. The Labute approximate surface area is 124 Å². The van der Waals surface area contributed by atoms with Gasteiger partial charge in [0.2, 0.25) is 5.76 Å². The SMILES string of the molecule is O=C(NCCc1ccc(-c2cccs2)s1)c1ccno1. The maximum atomic E-state index is 11.6. The molecule has 1 N–H and O–H groups in total. The van der Waals surface area contributed by atoms with E-state index in [1.807, 2.05) is 0 Å². The van der Waals surface area contributed by atoms with Crippen LogP contribution in [0.15, 0.2) is 46.4 Å². The van der Waals surface area contributed by atoms with E-state index < -0.39 is 0 Å². The summed E-state index contributed by atoms with van der Waals surface area (Å²) in [4.78, 5) is 15.5. The molecular weight excluding hydrogens is 292 g/mol. The highest BCUT2D eigenvalue weighted by molar-refractivity contribution is 7.21. The van der Waals surface area contributed by atoms with Crippen molar-refractivity contribution in [3.63, 3.8) is 0 Å². The van der Waals surface area contributed by atoms with Gasteiger partial charge in [0, 0.05) is 27.2 Å². The van der Waals surface area contributed by atoms with Crippen LogP contribution in [0.25, 0.3) is 9.75 Å². The molecule has 0 saturated heterocycles. The minimum absolute atomic E-state index is 0.225.